The fraction of sp³-hybridized carbons (Fsp3) is 0.263. The molecule has 2 aromatic rings. The van der Waals surface area contributed by atoms with Crippen molar-refractivity contribution in [1.29, 1.82) is 0 Å². The van der Waals surface area contributed by atoms with Crippen LogP contribution in [-0.4, -0.2) is 25.1 Å². The Hall–Kier alpha value is -2.35. The quantitative estimate of drug-likeness (QED) is 0.525. The molecular formula is C19H15F7O. The highest BCUT2D eigenvalue weighted by molar-refractivity contribution is 5.72. The minimum Gasteiger partial charge on any atom is -0.373 e. The second kappa shape index (κ2) is 7.72. The molecule has 0 aliphatic heterocycles. The smallest absolute Gasteiger partial charge is 0.373 e. The van der Waals surface area contributed by atoms with Gasteiger partial charge in [-0.3, -0.25) is 0 Å². The molecule has 1 atom stereocenters. The maximum atomic E-state index is 14.5. The predicted octanol–water partition coefficient (Wildman–Crippen LogP) is 6.29. The molecule has 0 N–H and O–H groups in total. The van der Waals surface area contributed by atoms with Crippen LogP contribution >= 0.6 is 0 Å². The van der Waals surface area contributed by atoms with Gasteiger partial charge in [0.15, 0.2) is 0 Å². The molecule has 1 nitrogen and oxygen atoms in total. The van der Waals surface area contributed by atoms with Crippen LogP contribution in [0.1, 0.15) is 17.2 Å². The van der Waals surface area contributed by atoms with Crippen molar-refractivity contribution in [3.05, 3.63) is 77.9 Å². The fourth-order valence-corrected chi connectivity index (χ4v) is 2.44. The number of hydrogen-bond acceptors (Lipinski definition) is 1. The first-order valence-corrected chi connectivity index (χ1v) is 7.70. The Bertz CT molecular complexity index is 768. The third-order valence-electron chi connectivity index (χ3n) is 3.87. The highest BCUT2D eigenvalue weighted by atomic mass is 19.4. The molecular weight excluding hydrogens is 377 g/mol. The summed E-state index contributed by atoms with van der Waals surface area (Å²) in [5.41, 5.74) is -1.62. The van der Waals surface area contributed by atoms with E-state index in [2.05, 4.69) is 0 Å². The topological polar surface area (TPSA) is 9.23 Å². The molecule has 0 saturated heterocycles. The van der Waals surface area contributed by atoms with Crippen molar-refractivity contribution in [3.8, 4) is 0 Å². The van der Waals surface area contributed by atoms with E-state index in [-0.39, 0.29) is 0 Å². The minimum atomic E-state index is -6.43. The number of alkyl halides is 7. The van der Waals surface area contributed by atoms with Gasteiger partial charge in [0, 0.05) is 12.7 Å². The van der Waals surface area contributed by atoms with Crippen LogP contribution in [0, 0.1) is 0 Å². The van der Waals surface area contributed by atoms with Gasteiger partial charge in [0.25, 0.3) is 0 Å². The lowest BCUT2D eigenvalue weighted by molar-refractivity contribution is -0.339. The van der Waals surface area contributed by atoms with Crippen molar-refractivity contribution in [1.82, 2.24) is 0 Å². The summed E-state index contributed by atoms with van der Waals surface area (Å²) in [6, 6.07) is 13.7. The van der Waals surface area contributed by atoms with Gasteiger partial charge in [-0.25, -0.2) is 0 Å². The molecule has 27 heavy (non-hydrogen) atoms. The minimum absolute atomic E-state index is 0.319. The van der Waals surface area contributed by atoms with E-state index in [1.165, 1.54) is 30.3 Å². The maximum Gasteiger partial charge on any atom is 0.460 e. The van der Waals surface area contributed by atoms with Gasteiger partial charge in [0.05, 0.1) is 0 Å². The highest BCUT2D eigenvalue weighted by Gasteiger charge is 2.74. The highest BCUT2D eigenvalue weighted by Crippen LogP contribution is 2.52. The number of allylic oxidation sites excluding steroid dienone is 1. The normalized spacial score (nSPS) is 14.9. The van der Waals surface area contributed by atoms with Crippen LogP contribution in [0.2, 0.25) is 0 Å². The summed E-state index contributed by atoms with van der Waals surface area (Å²) in [6.45, 7) is 0. The summed E-state index contributed by atoms with van der Waals surface area (Å²) >= 11 is 0. The van der Waals surface area contributed by atoms with Crippen LogP contribution in [0.4, 0.5) is 30.7 Å². The van der Waals surface area contributed by atoms with Crippen molar-refractivity contribution in [2.45, 2.75) is 24.1 Å². The van der Waals surface area contributed by atoms with Gasteiger partial charge >= 0.3 is 18.0 Å². The molecule has 146 valence electrons. The first kappa shape index (κ1) is 21.0. The van der Waals surface area contributed by atoms with Crippen molar-refractivity contribution in [2.24, 2.45) is 0 Å². The van der Waals surface area contributed by atoms with Crippen molar-refractivity contribution >= 4 is 5.57 Å². The van der Waals surface area contributed by atoms with E-state index in [4.69, 9.17) is 4.74 Å². The van der Waals surface area contributed by atoms with Gasteiger partial charge in [0.2, 0.25) is 0 Å². The third-order valence-corrected chi connectivity index (χ3v) is 3.87. The third kappa shape index (κ3) is 4.16. The summed E-state index contributed by atoms with van der Waals surface area (Å²) in [6.07, 6.45) is -7.10. The summed E-state index contributed by atoms with van der Waals surface area (Å²) in [5, 5.41) is 0. The summed E-state index contributed by atoms with van der Waals surface area (Å²) < 4.78 is 99.2. The molecule has 0 unspecified atom stereocenters. The Balaban J connectivity index is 2.66. The molecule has 0 bridgehead atoms. The van der Waals surface area contributed by atoms with E-state index >= 15 is 0 Å². The van der Waals surface area contributed by atoms with Crippen LogP contribution < -0.4 is 0 Å². The molecule has 2 aromatic carbocycles. The molecule has 0 aromatic heterocycles. The van der Waals surface area contributed by atoms with Crippen LogP contribution in [0.25, 0.3) is 5.57 Å². The molecule has 0 heterocycles. The lowest BCUT2D eigenvalue weighted by Crippen LogP contribution is -2.52. The van der Waals surface area contributed by atoms with Gasteiger partial charge in [-0.05, 0) is 17.2 Å². The molecule has 0 radical (unpaired) electrons. The number of benzene rings is 2. The van der Waals surface area contributed by atoms with Crippen LogP contribution in [0.15, 0.2) is 66.7 Å². The summed E-state index contributed by atoms with van der Waals surface area (Å²) in [4.78, 5) is 0. The number of hydrogen-bond donors (Lipinski definition) is 0. The van der Waals surface area contributed by atoms with Crippen molar-refractivity contribution in [3.63, 3.8) is 0 Å². The zero-order valence-corrected chi connectivity index (χ0v) is 14.0. The van der Waals surface area contributed by atoms with E-state index in [1.54, 1.807) is 18.2 Å². The number of ether oxygens (including phenoxy) is 1. The predicted molar refractivity (Wildman–Crippen MR) is 86.6 cm³/mol. The average molecular weight is 392 g/mol. The summed E-state index contributed by atoms with van der Waals surface area (Å²) in [7, 11) is 1.14. The Kier molecular flexibility index (Phi) is 5.99. The van der Waals surface area contributed by atoms with Gasteiger partial charge in [-0.2, -0.15) is 30.7 Å². The summed E-state index contributed by atoms with van der Waals surface area (Å²) in [5.74, 6) is -11.8. The van der Waals surface area contributed by atoms with Crippen LogP contribution in [0.3, 0.4) is 0 Å². The van der Waals surface area contributed by atoms with Gasteiger partial charge < -0.3 is 4.74 Å². The first-order chi connectivity index (χ1) is 12.5. The fourth-order valence-electron chi connectivity index (χ4n) is 2.44. The molecule has 0 amide bonds. The standard InChI is InChI=1S/C19H15F7O/c1-27-16(14-10-6-3-7-11-14)12-15(13-8-4-2-5-9-13)17(20,21)18(22,23)19(24,25)26/h2-12,16H,1H3/b15-12+/t16-/m1/s1. The molecule has 0 spiro atoms. The van der Waals surface area contributed by atoms with Crippen molar-refractivity contribution < 1.29 is 35.5 Å². The maximum absolute atomic E-state index is 14.5. The Morgan fingerprint density at radius 2 is 1.30 bits per heavy atom. The molecule has 0 saturated carbocycles. The van der Waals surface area contributed by atoms with Crippen molar-refractivity contribution in [2.75, 3.05) is 7.11 Å². The zero-order valence-electron chi connectivity index (χ0n) is 14.0. The zero-order chi connectivity index (χ0) is 20.3. The van der Waals surface area contributed by atoms with E-state index in [1.807, 2.05) is 0 Å². The van der Waals surface area contributed by atoms with E-state index in [0.29, 0.717) is 11.6 Å². The van der Waals surface area contributed by atoms with E-state index < -0.39 is 35.3 Å². The van der Waals surface area contributed by atoms with E-state index in [9.17, 15) is 30.7 Å². The number of halogens is 7. The SMILES string of the molecule is CO[C@H](/C=C(\c1ccccc1)C(F)(F)C(F)(F)C(F)(F)F)c1ccccc1. The molecule has 0 aliphatic carbocycles. The average Bonchev–Trinajstić information content (AvgIpc) is 2.63. The molecule has 2 rings (SSSR count). The Morgan fingerprint density at radius 3 is 1.74 bits per heavy atom. The largest absolute Gasteiger partial charge is 0.460 e. The monoisotopic (exact) mass is 392 g/mol. The first-order valence-electron chi connectivity index (χ1n) is 7.70. The van der Waals surface area contributed by atoms with Gasteiger partial charge in [-0.15, -0.1) is 0 Å². The second-order valence-electron chi connectivity index (χ2n) is 5.66. The van der Waals surface area contributed by atoms with Gasteiger partial charge in [0.1, 0.15) is 6.10 Å². The van der Waals surface area contributed by atoms with Gasteiger partial charge in [-0.1, -0.05) is 60.7 Å². The molecule has 8 heteroatoms. The molecule has 0 aliphatic rings. The van der Waals surface area contributed by atoms with Crippen LogP contribution in [-0.2, 0) is 4.74 Å². The Morgan fingerprint density at radius 1 is 0.815 bits per heavy atom. The van der Waals surface area contributed by atoms with E-state index in [0.717, 1.165) is 19.2 Å². The Labute approximate surface area is 151 Å². The van der Waals surface area contributed by atoms with Crippen LogP contribution in [0.5, 0.6) is 0 Å². The number of methoxy groups -OCH3 is 1. The lowest BCUT2D eigenvalue weighted by Gasteiger charge is -2.31. The molecule has 0 fully saturated rings. The second-order valence-corrected chi connectivity index (χ2v) is 5.66. The number of rotatable bonds is 6. The lowest BCUT2D eigenvalue weighted by atomic mass is 9.92.